The zero-order valence-electron chi connectivity index (χ0n) is 3.47. The maximum Gasteiger partial charge on any atom is 0.309 e. The standard InChI is InChI=1S/CH4N2O.CHNO/c2-1(3)4;2-1-3/h(H4,2,3,4);2H. The number of nitrogens with one attached hydrogen (secondary N) is 1. The molecule has 0 bridgehead atoms. The van der Waals surface area contributed by atoms with E-state index in [4.69, 9.17) is 15.0 Å². The Morgan fingerprint density at radius 2 is 1.57 bits per heavy atom. The first kappa shape index (κ1) is 9.17. The zero-order chi connectivity index (χ0) is 6.28. The van der Waals surface area contributed by atoms with Crippen LogP contribution in [-0.4, -0.2) is 12.1 Å². The molecule has 0 aromatic carbocycles. The Balaban J connectivity index is 0. The lowest BCUT2D eigenvalue weighted by atomic mass is 11.2. The van der Waals surface area contributed by atoms with E-state index in [2.05, 4.69) is 11.5 Å². The number of carbonyl (C=O) groups excluding carboxylic acids is 2. The highest BCUT2D eigenvalue weighted by atomic mass is 16.2. The van der Waals surface area contributed by atoms with Gasteiger partial charge in [-0.25, -0.2) is 15.0 Å². The third-order valence-electron chi connectivity index (χ3n) is 0. The molecule has 0 radical (unpaired) electrons. The van der Waals surface area contributed by atoms with Gasteiger partial charge in [0, 0.05) is 0 Å². The molecule has 40 valence electrons. The second-order valence-corrected chi connectivity index (χ2v) is 0.504. The average molecular weight is 103 g/mol. The van der Waals surface area contributed by atoms with Gasteiger partial charge in [0.1, 0.15) is 0 Å². The van der Waals surface area contributed by atoms with Crippen LogP contribution in [0.25, 0.3) is 0 Å². The number of amides is 2. The Hall–Kier alpha value is -1.35. The fraction of sp³-hybridized carbons (Fsp3) is 0. The Labute approximate surface area is 39.8 Å². The molecule has 0 saturated heterocycles. The van der Waals surface area contributed by atoms with Gasteiger partial charge in [0.2, 0.25) is 6.08 Å². The predicted octanol–water partition coefficient (Wildman–Crippen LogP) is -1.08. The summed E-state index contributed by atoms with van der Waals surface area (Å²) in [6.45, 7) is 0. The Morgan fingerprint density at radius 1 is 1.57 bits per heavy atom. The first-order valence-corrected chi connectivity index (χ1v) is 1.24. The van der Waals surface area contributed by atoms with E-state index in [0.717, 1.165) is 6.08 Å². The zero-order valence-corrected chi connectivity index (χ0v) is 3.47. The van der Waals surface area contributed by atoms with Crippen molar-refractivity contribution < 1.29 is 9.59 Å². The number of isocyanates is 1. The molecule has 0 aromatic rings. The summed E-state index contributed by atoms with van der Waals surface area (Å²) in [6, 6.07) is -0.833. The van der Waals surface area contributed by atoms with Gasteiger partial charge in [-0.1, -0.05) is 0 Å². The van der Waals surface area contributed by atoms with Crippen LogP contribution >= 0.6 is 0 Å². The van der Waals surface area contributed by atoms with Gasteiger partial charge in [-0.2, -0.15) is 0 Å². The van der Waals surface area contributed by atoms with E-state index in [9.17, 15) is 0 Å². The van der Waals surface area contributed by atoms with E-state index in [0.29, 0.717) is 0 Å². The highest BCUT2D eigenvalue weighted by molar-refractivity contribution is 5.69. The third-order valence-corrected chi connectivity index (χ3v) is 0. The monoisotopic (exact) mass is 103 g/mol. The Morgan fingerprint density at radius 3 is 1.57 bits per heavy atom. The van der Waals surface area contributed by atoms with Crippen LogP contribution in [0.1, 0.15) is 0 Å². The second kappa shape index (κ2) is 8.82. The fourth-order valence-electron chi connectivity index (χ4n) is 0. The van der Waals surface area contributed by atoms with Gasteiger partial charge >= 0.3 is 6.03 Å². The SMILES string of the molecule is N=C=O.NC(N)=O. The van der Waals surface area contributed by atoms with Crippen LogP contribution in [0.4, 0.5) is 4.79 Å². The Bertz CT molecular complexity index is 78.9. The maximum atomic E-state index is 9.00. The summed E-state index contributed by atoms with van der Waals surface area (Å²) in [5, 5.41) is 5.40. The molecule has 5 nitrogen and oxygen atoms in total. The van der Waals surface area contributed by atoms with Crippen LogP contribution in [0, 0.1) is 5.41 Å². The van der Waals surface area contributed by atoms with E-state index in [-0.39, 0.29) is 0 Å². The van der Waals surface area contributed by atoms with Gasteiger partial charge in [0.05, 0.1) is 0 Å². The average Bonchev–Trinajstić information content (AvgIpc) is 1.33. The molecule has 7 heavy (non-hydrogen) atoms. The molecule has 0 atom stereocenters. The van der Waals surface area contributed by atoms with Crippen LogP contribution in [0.5, 0.6) is 0 Å². The van der Waals surface area contributed by atoms with Crippen LogP contribution in [0.2, 0.25) is 0 Å². The van der Waals surface area contributed by atoms with Gasteiger partial charge in [-0.3, -0.25) is 0 Å². The van der Waals surface area contributed by atoms with E-state index < -0.39 is 6.03 Å². The molecule has 0 rings (SSSR count). The predicted molar refractivity (Wildman–Crippen MR) is 22.2 cm³/mol. The molecule has 2 amide bonds. The molecule has 0 aliphatic rings. The van der Waals surface area contributed by atoms with Crippen molar-refractivity contribution in [3.05, 3.63) is 0 Å². The summed E-state index contributed by atoms with van der Waals surface area (Å²) in [7, 11) is 0. The van der Waals surface area contributed by atoms with Gasteiger partial charge < -0.3 is 11.5 Å². The molecule has 0 unspecified atom stereocenters. The normalized spacial score (nSPS) is 4.57. The lowest BCUT2D eigenvalue weighted by Crippen LogP contribution is -2.18. The molecule has 0 aliphatic heterocycles. The van der Waals surface area contributed by atoms with Gasteiger partial charge in [-0.15, -0.1) is 0 Å². The van der Waals surface area contributed by atoms with Crippen LogP contribution in [0.15, 0.2) is 0 Å². The minimum Gasteiger partial charge on any atom is -0.352 e. The topological polar surface area (TPSA) is 110 Å². The lowest BCUT2D eigenvalue weighted by Gasteiger charge is -1.62. The van der Waals surface area contributed by atoms with E-state index in [1.807, 2.05) is 0 Å². The lowest BCUT2D eigenvalue weighted by molar-refractivity contribution is 0.256. The summed E-state index contributed by atoms with van der Waals surface area (Å²) < 4.78 is 0. The molecule has 0 fully saturated rings. The van der Waals surface area contributed by atoms with E-state index >= 15 is 0 Å². The smallest absolute Gasteiger partial charge is 0.309 e. The molecule has 0 saturated carbocycles. The van der Waals surface area contributed by atoms with E-state index in [1.54, 1.807) is 0 Å². The molecule has 0 aromatic heterocycles. The highest BCUT2D eigenvalue weighted by Crippen LogP contribution is 1.25. The first-order chi connectivity index (χ1) is 3.15. The molecule has 0 aliphatic carbocycles. The summed E-state index contributed by atoms with van der Waals surface area (Å²) in [5.41, 5.74) is 8.50. The van der Waals surface area contributed by atoms with Crippen molar-refractivity contribution >= 4 is 12.1 Å². The van der Waals surface area contributed by atoms with Crippen molar-refractivity contribution in [1.82, 2.24) is 0 Å². The van der Waals surface area contributed by atoms with Crippen molar-refractivity contribution in [3.63, 3.8) is 0 Å². The summed E-state index contributed by atoms with van der Waals surface area (Å²) in [5.74, 6) is 0. The van der Waals surface area contributed by atoms with Crippen molar-refractivity contribution in [1.29, 1.82) is 5.41 Å². The summed E-state index contributed by atoms with van der Waals surface area (Å²) in [6.07, 6.45) is 0.750. The maximum absolute atomic E-state index is 9.00. The van der Waals surface area contributed by atoms with Gasteiger partial charge in [0.25, 0.3) is 0 Å². The fourth-order valence-corrected chi connectivity index (χ4v) is 0. The number of rotatable bonds is 0. The molecule has 5 heteroatoms. The van der Waals surface area contributed by atoms with Crippen LogP contribution in [0.3, 0.4) is 0 Å². The van der Waals surface area contributed by atoms with Crippen molar-refractivity contribution in [2.45, 2.75) is 0 Å². The van der Waals surface area contributed by atoms with Gasteiger partial charge in [-0.05, 0) is 0 Å². The molecular formula is C2H5N3O2. The van der Waals surface area contributed by atoms with Crippen molar-refractivity contribution in [3.8, 4) is 0 Å². The first-order valence-electron chi connectivity index (χ1n) is 1.24. The molecule has 0 heterocycles. The molecule has 5 N–H and O–H groups in total. The third kappa shape index (κ3) is 17.9. The van der Waals surface area contributed by atoms with Crippen molar-refractivity contribution in [2.75, 3.05) is 0 Å². The van der Waals surface area contributed by atoms with Gasteiger partial charge in [0.15, 0.2) is 0 Å². The number of hydrogen-bond donors (Lipinski definition) is 3. The molecular weight excluding hydrogens is 98.0 g/mol. The van der Waals surface area contributed by atoms with Crippen LogP contribution < -0.4 is 11.5 Å². The molecule has 0 spiro atoms. The number of nitrogens with two attached hydrogens (primary N) is 2. The number of primary amides is 2. The largest absolute Gasteiger partial charge is 0.352 e. The number of carbonyl (C=O) groups is 1. The Kier molecular flexibility index (Phi) is 11.6. The summed E-state index contributed by atoms with van der Waals surface area (Å²) in [4.78, 5) is 17.3. The van der Waals surface area contributed by atoms with Crippen LogP contribution in [-0.2, 0) is 4.79 Å². The second-order valence-electron chi connectivity index (χ2n) is 0.504. The number of hydrogen-bond acceptors (Lipinski definition) is 3. The highest BCUT2D eigenvalue weighted by Gasteiger charge is 1.60. The minimum atomic E-state index is -0.833. The summed E-state index contributed by atoms with van der Waals surface area (Å²) >= 11 is 0. The minimum absolute atomic E-state index is 0.750. The van der Waals surface area contributed by atoms with E-state index in [1.165, 1.54) is 0 Å². The van der Waals surface area contributed by atoms with Crippen molar-refractivity contribution in [2.24, 2.45) is 11.5 Å². The quantitative estimate of drug-likeness (QED) is 0.268. The number of urea groups is 1.